The van der Waals surface area contributed by atoms with Crippen LogP contribution in [-0.4, -0.2) is 6.54 Å². The van der Waals surface area contributed by atoms with Crippen molar-refractivity contribution in [3.05, 3.63) is 210 Å². The molecule has 1 heterocycles. The average molecular weight is 652 g/mol. The first kappa shape index (κ1) is 35.6. The highest BCUT2D eigenvalue weighted by Gasteiger charge is 2.14. The van der Waals surface area contributed by atoms with Crippen LogP contribution >= 0.6 is 0 Å². The molecule has 1 atom stereocenters. The molecule has 0 saturated carbocycles. The van der Waals surface area contributed by atoms with Crippen molar-refractivity contribution in [2.75, 3.05) is 6.54 Å². The number of nitrogens with one attached hydrogen (secondary N) is 1. The van der Waals surface area contributed by atoms with Gasteiger partial charge in [0.05, 0.1) is 0 Å². The van der Waals surface area contributed by atoms with Crippen LogP contribution in [0, 0.1) is 0 Å². The van der Waals surface area contributed by atoms with Gasteiger partial charge < -0.3 is 5.32 Å². The molecule has 1 heteroatoms. The van der Waals surface area contributed by atoms with Crippen LogP contribution in [0.2, 0.25) is 0 Å². The lowest BCUT2D eigenvalue weighted by atomic mass is 9.87. The predicted octanol–water partition coefficient (Wildman–Crippen LogP) is 13.3. The molecule has 50 heavy (non-hydrogen) atoms. The summed E-state index contributed by atoms with van der Waals surface area (Å²) < 4.78 is 0. The Kier molecular flexibility index (Phi) is 13.0. The number of dihydropyridines is 1. The van der Waals surface area contributed by atoms with Crippen LogP contribution in [0.1, 0.15) is 73.4 Å². The number of benzene rings is 4. The molecule has 4 aromatic carbocycles. The summed E-state index contributed by atoms with van der Waals surface area (Å²) in [5, 5.41) is 3.40. The molecular weight excluding hydrogens is 603 g/mol. The number of hydrogen-bond acceptors (Lipinski definition) is 1. The molecule has 0 radical (unpaired) electrons. The lowest BCUT2D eigenvalue weighted by molar-refractivity contribution is 0.780. The van der Waals surface area contributed by atoms with Crippen LogP contribution in [-0.2, 0) is 0 Å². The first-order valence-corrected chi connectivity index (χ1v) is 17.7. The van der Waals surface area contributed by atoms with Gasteiger partial charge in [-0.05, 0) is 130 Å². The summed E-state index contributed by atoms with van der Waals surface area (Å²) in [5.74, 6) is 0.401. The van der Waals surface area contributed by atoms with E-state index in [9.17, 15) is 0 Å². The lowest BCUT2D eigenvalue weighted by Crippen LogP contribution is -2.12. The van der Waals surface area contributed by atoms with E-state index in [0.717, 1.165) is 40.8 Å². The van der Waals surface area contributed by atoms with Crippen molar-refractivity contribution in [3.63, 3.8) is 0 Å². The second-order valence-corrected chi connectivity index (χ2v) is 12.5. The van der Waals surface area contributed by atoms with Crippen molar-refractivity contribution in [1.29, 1.82) is 0 Å². The van der Waals surface area contributed by atoms with Crippen LogP contribution < -0.4 is 5.32 Å². The van der Waals surface area contributed by atoms with Crippen molar-refractivity contribution in [3.8, 4) is 11.1 Å². The van der Waals surface area contributed by atoms with Gasteiger partial charge in [-0.1, -0.05) is 159 Å². The van der Waals surface area contributed by atoms with Gasteiger partial charge in [-0.3, -0.25) is 0 Å². The molecule has 1 aliphatic rings. The van der Waals surface area contributed by atoms with E-state index in [2.05, 4.69) is 197 Å². The molecule has 1 aliphatic heterocycles. The van der Waals surface area contributed by atoms with Crippen LogP contribution in [0.15, 0.2) is 177 Å². The van der Waals surface area contributed by atoms with Crippen molar-refractivity contribution in [2.24, 2.45) is 0 Å². The quantitative estimate of drug-likeness (QED) is 0.0862. The maximum atomic E-state index is 4.25. The third kappa shape index (κ3) is 9.07. The Morgan fingerprint density at radius 2 is 1.50 bits per heavy atom. The van der Waals surface area contributed by atoms with Crippen LogP contribution in [0.25, 0.3) is 39.5 Å². The summed E-state index contributed by atoms with van der Waals surface area (Å²) in [7, 11) is 0. The second-order valence-electron chi connectivity index (χ2n) is 12.5. The van der Waals surface area contributed by atoms with Crippen LogP contribution in [0.3, 0.4) is 0 Å². The summed E-state index contributed by atoms with van der Waals surface area (Å²) in [6, 6.07) is 35.3. The highest BCUT2D eigenvalue weighted by molar-refractivity contribution is 6.00. The second kappa shape index (κ2) is 18.2. The number of allylic oxidation sites excluding steroid dienone is 14. The zero-order valence-electron chi connectivity index (χ0n) is 29.9. The Morgan fingerprint density at radius 1 is 0.740 bits per heavy atom. The zero-order chi connectivity index (χ0) is 35.1. The normalized spacial score (nSPS) is 14.7. The molecule has 0 aromatic heterocycles. The van der Waals surface area contributed by atoms with E-state index < -0.39 is 0 Å². The molecule has 0 fully saturated rings. The van der Waals surface area contributed by atoms with Crippen LogP contribution in [0.5, 0.6) is 0 Å². The first-order valence-electron chi connectivity index (χ1n) is 17.7. The first-order chi connectivity index (χ1) is 24.6. The average Bonchev–Trinajstić information content (AvgIpc) is 3.17. The summed E-state index contributed by atoms with van der Waals surface area (Å²) >= 11 is 0. The summed E-state index contributed by atoms with van der Waals surface area (Å²) in [4.78, 5) is 0. The topological polar surface area (TPSA) is 12.0 Å². The standard InChI is InChI=1S/C49H49N/c1-6-10-13-24-39(40-26-18-27-41(31-40)47(9-4)49(20-8-3)38-22-14-12-15-23-38)32-42-25-16-17-29-48(42)46-34-44(37(5)21-11-7-2)33-45(35-46)43-28-19-30-50-36-43/h6-20,22-35,37,50H,4,21,36H2,1-3,5H3/b10-6-,11-7-,20-8-,24-13-,39-32-,49-47-. The van der Waals surface area contributed by atoms with Gasteiger partial charge in [-0.25, -0.2) is 0 Å². The van der Waals surface area contributed by atoms with Gasteiger partial charge in [-0.15, -0.1) is 0 Å². The molecule has 0 aliphatic carbocycles. The smallest absolute Gasteiger partial charge is 0.0401 e. The van der Waals surface area contributed by atoms with Gasteiger partial charge in [-0.2, -0.15) is 0 Å². The molecule has 0 bridgehead atoms. The minimum absolute atomic E-state index is 0.401. The van der Waals surface area contributed by atoms with Crippen molar-refractivity contribution >= 4 is 28.4 Å². The largest absolute Gasteiger partial charge is 0.387 e. The fourth-order valence-corrected chi connectivity index (χ4v) is 6.34. The highest BCUT2D eigenvalue weighted by atomic mass is 14.8. The Morgan fingerprint density at radius 3 is 2.24 bits per heavy atom. The van der Waals surface area contributed by atoms with Crippen molar-refractivity contribution in [1.82, 2.24) is 5.32 Å². The van der Waals surface area contributed by atoms with Gasteiger partial charge in [0.1, 0.15) is 0 Å². The van der Waals surface area contributed by atoms with Gasteiger partial charge >= 0.3 is 0 Å². The maximum absolute atomic E-state index is 4.25. The minimum atomic E-state index is 0.401. The maximum Gasteiger partial charge on any atom is 0.0401 e. The van der Waals surface area contributed by atoms with Gasteiger partial charge in [0, 0.05) is 6.54 Å². The van der Waals surface area contributed by atoms with Crippen molar-refractivity contribution in [2.45, 2.75) is 40.0 Å². The third-order valence-corrected chi connectivity index (χ3v) is 9.01. The van der Waals surface area contributed by atoms with E-state index in [4.69, 9.17) is 0 Å². The van der Waals surface area contributed by atoms with Crippen LogP contribution in [0.4, 0.5) is 0 Å². The zero-order valence-corrected chi connectivity index (χ0v) is 29.9. The Bertz CT molecular complexity index is 2020. The third-order valence-electron chi connectivity index (χ3n) is 9.01. The summed E-state index contributed by atoms with van der Waals surface area (Å²) in [5.41, 5.74) is 14.4. The fourth-order valence-electron chi connectivity index (χ4n) is 6.34. The van der Waals surface area contributed by atoms with Gasteiger partial charge in [0.15, 0.2) is 0 Å². The molecule has 1 unspecified atom stereocenters. The number of hydrogen-bond donors (Lipinski definition) is 1. The monoisotopic (exact) mass is 651 g/mol. The van der Waals surface area contributed by atoms with E-state index in [-0.39, 0.29) is 0 Å². The predicted molar refractivity (Wildman–Crippen MR) is 221 cm³/mol. The van der Waals surface area contributed by atoms with Gasteiger partial charge in [0.2, 0.25) is 0 Å². The fraction of sp³-hybridized carbons (Fsp3) is 0.143. The Labute approximate surface area is 300 Å². The molecule has 250 valence electrons. The molecule has 1 nitrogen and oxygen atoms in total. The van der Waals surface area contributed by atoms with Crippen molar-refractivity contribution < 1.29 is 0 Å². The minimum Gasteiger partial charge on any atom is -0.387 e. The SMILES string of the molecule is C=C/C(=C(\C=C/C)c1ccccc1)c1cccc(C(/C=C\C=C/C)=C\c2ccccc2-c2cc(C3=CC=CNC3)cc(C(C)C/C=C\C)c2)c1. The molecule has 5 rings (SSSR count). The lowest BCUT2D eigenvalue weighted by Gasteiger charge is -2.18. The summed E-state index contributed by atoms with van der Waals surface area (Å²) in [6.07, 6.45) is 28.8. The molecule has 0 saturated heterocycles. The Hall–Kier alpha value is -5.66. The van der Waals surface area contributed by atoms with E-state index in [1.165, 1.54) is 39.0 Å². The molecule has 0 spiro atoms. The van der Waals surface area contributed by atoms with E-state index >= 15 is 0 Å². The number of rotatable bonds is 13. The molecular formula is C49H49N. The Balaban J connectivity index is 1.66. The summed E-state index contributed by atoms with van der Waals surface area (Å²) in [6.45, 7) is 13.6. The van der Waals surface area contributed by atoms with E-state index in [0.29, 0.717) is 5.92 Å². The molecule has 4 aromatic rings. The van der Waals surface area contributed by atoms with E-state index in [1.54, 1.807) is 0 Å². The molecule has 0 amide bonds. The van der Waals surface area contributed by atoms with Gasteiger partial charge in [0.25, 0.3) is 0 Å². The van der Waals surface area contributed by atoms with E-state index in [1.807, 2.05) is 19.2 Å². The highest BCUT2D eigenvalue weighted by Crippen LogP contribution is 2.35. The molecule has 1 N–H and O–H groups in total.